The van der Waals surface area contributed by atoms with Gasteiger partial charge in [0.15, 0.2) is 0 Å². The summed E-state index contributed by atoms with van der Waals surface area (Å²) < 4.78 is 13.1. The van der Waals surface area contributed by atoms with Crippen LogP contribution >= 0.6 is 0 Å². The number of nitriles is 1. The second-order valence-electron chi connectivity index (χ2n) is 2.87. The molecule has 0 aliphatic rings. The first-order valence-electron chi connectivity index (χ1n) is 4.06. The molecule has 14 heavy (non-hydrogen) atoms. The predicted molar refractivity (Wildman–Crippen MR) is 50.0 cm³/mol. The van der Waals surface area contributed by atoms with Gasteiger partial charge in [0.25, 0.3) is 0 Å². The molecule has 4 heteroatoms. The molecular weight excluding hydrogens is 183 g/mol. The van der Waals surface area contributed by atoms with Crippen molar-refractivity contribution in [3.8, 4) is 6.07 Å². The van der Waals surface area contributed by atoms with Crippen LogP contribution in [0.2, 0.25) is 0 Å². The first kappa shape index (κ1) is 10.2. The Morgan fingerprint density at radius 1 is 1.64 bits per heavy atom. The summed E-state index contributed by atoms with van der Waals surface area (Å²) in [6.07, 6.45) is -0.270. The summed E-state index contributed by atoms with van der Waals surface area (Å²) in [5.74, 6) is -1.00. The van der Waals surface area contributed by atoms with E-state index in [0.717, 1.165) is 5.56 Å². The van der Waals surface area contributed by atoms with Gasteiger partial charge in [0.1, 0.15) is 12.2 Å². The Bertz CT molecular complexity index is 396. The lowest BCUT2D eigenvalue weighted by Gasteiger charge is -2.04. The minimum Gasteiger partial charge on any atom is -0.323 e. The Balaban J connectivity index is 2.81. The first-order valence-corrected chi connectivity index (χ1v) is 4.06. The van der Waals surface area contributed by atoms with Crippen molar-refractivity contribution in [1.29, 1.82) is 5.26 Å². The predicted octanol–water partition coefficient (Wildman–Crippen LogP) is 1.99. The number of hydrogen-bond donors (Lipinski definition) is 1. The van der Waals surface area contributed by atoms with Crippen LogP contribution in [0.15, 0.2) is 18.2 Å². The van der Waals surface area contributed by atoms with E-state index in [1.165, 1.54) is 12.1 Å². The van der Waals surface area contributed by atoms with Crippen LogP contribution in [0.4, 0.5) is 10.1 Å². The number of halogens is 1. The second-order valence-corrected chi connectivity index (χ2v) is 2.87. The van der Waals surface area contributed by atoms with E-state index in [4.69, 9.17) is 5.26 Å². The van der Waals surface area contributed by atoms with Crippen molar-refractivity contribution < 1.29 is 9.18 Å². The van der Waals surface area contributed by atoms with Crippen LogP contribution in [0.5, 0.6) is 0 Å². The first-order chi connectivity index (χ1) is 6.63. The molecule has 0 radical (unpaired) electrons. The number of benzene rings is 1. The normalized spacial score (nSPS) is 9.21. The molecule has 0 aliphatic heterocycles. The van der Waals surface area contributed by atoms with Gasteiger partial charge in [0.05, 0.1) is 11.8 Å². The average Bonchev–Trinajstić information content (AvgIpc) is 2.12. The molecule has 0 heterocycles. The molecule has 0 unspecified atom stereocenters. The van der Waals surface area contributed by atoms with Gasteiger partial charge in [-0.2, -0.15) is 5.26 Å². The highest BCUT2D eigenvalue weighted by Crippen LogP contribution is 2.15. The van der Waals surface area contributed by atoms with Crippen LogP contribution in [0, 0.1) is 24.1 Å². The van der Waals surface area contributed by atoms with Crippen molar-refractivity contribution in [3.05, 3.63) is 29.6 Å². The molecule has 1 rings (SSSR count). The van der Waals surface area contributed by atoms with Gasteiger partial charge in [-0.05, 0) is 24.6 Å². The van der Waals surface area contributed by atoms with Crippen molar-refractivity contribution in [3.63, 3.8) is 0 Å². The Morgan fingerprint density at radius 3 is 3.00 bits per heavy atom. The topological polar surface area (TPSA) is 52.9 Å². The number of carbonyl (C=O) groups is 1. The van der Waals surface area contributed by atoms with Crippen LogP contribution < -0.4 is 5.32 Å². The van der Waals surface area contributed by atoms with Gasteiger partial charge >= 0.3 is 0 Å². The van der Waals surface area contributed by atoms with Crippen molar-refractivity contribution in [2.45, 2.75) is 13.3 Å². The van der Waals surface area contributed by atoms with Gasteiger partial charge in [0.2, 0.25) is 5.91 Å². The zero-order chi connectivity index (χ0) is 10.6. The lowest BCUT2D eigenvalue weighted by atomic mass is 10.2. The third-order valence-electron chi connectivity index (χ3n) is 1.64. The van der Waals surface area contributed by atoms with E-state index in [1.54, 1.807) is 19.1 Å². The number of nitrogens with zero attached hydrogens (tertiary/aromatic N) is 1. The van der Waals surface area contributed by atoms with Crippen molar-refractivity contribution in [2.24, 2.45) is 0 Å². The largest absolute Gasteiger partial charge is 0.323 e. The lowest BCUT2D eigenvalue weighted by molar-refractivity contribution is -0.115. The Hall–Kier alpha value is -1.89. The van der Waals surface area contributed by atoms with E-state index in [1.807, 2.05) is 0 Å². The fourth-order valence-electron chi connectivity index (χ4n) is 1.00. The summed E-state index contributed by atoms with van der Waals surface area (Å²) in [6, 6.07) is 6.09. The Kier molecular flexibility index (Phi) is 3.19. The molecule has 0 atom stereocenters. The third-order valence-corrected chi connectivity index (χ3v) is 1.64. The fraction of sp³-hybridized carbons (Fsp3) is 0.200. The molecule has 1 amide bonds. The summed E-state index contributed by atoms with van der Waals surface area (Å²) in [7, 11) is 0. The van der Waals surface area contributed by atoms with Gasteiger partial charge in [-0.3, -0.25) is 4.79 Å². The maximum Gasteiger partial charge on any atom is 0.238 e. The molecule has 1 N–H and O–H groups in total. The highest BCUT2D eigenvalue weighted by molar-refractivity contribution is 5.92. The summed E-state index contributed by atoms with van der Waals surface area (Å²) >= 11 is 0. The molecule has 1 aromatic rings. The quantitative estimate of drug-likeness (QED) is 0.778. The molecule has 0 saturated heterocycles. The second kappa shape index (κ2) is 4.38. The van der Waals surface area contributed by atoms with Crippen LogP contribution in [-0.4, -0.2) is 5.91 Å². The van der Waals surface area contributed by atoms with Crippen molar-refractivity contribution >= 4 is 11.6 Å². The van der Waals surface area contributed by atoms with Gasteiger partial charge in [0, 0.05) is 0 Å². The zero-order valence-corrected chi connectivity index (χ0v) is 7.67. The van der Waals surface area contributed by atoms with E-state index >= 15 is 0 Å². The van der Waals surface area contributed by atoms with Crippen LogP contribution in [0.1, 0.15) is 12.0 Å². The van der Waals surface area contributed by atoms with Gasteiger partial charge in [-0.15, -0.1) is 0 Å². The fourth-order valence-corrected chi connectivity index (χ4v) is 1.00. The summed E-state index contributed by atoms with van der Waals surface area (Å²) in [5.41, 5.74) is 0.962. The third kappa shape index (κ3) is 2.56. The zero-order valence-electron chi connectivity index (χ0n) is 7.67. The van der Waals surface area contributed by atoms with E-state index in [2.05, 4.69) is 5.32 Å². The molecule has 1 aromatic carbocycles. The van der Waals surface area contributed by atoms with Crippen LogP contribution in [0.25, 0.3) is 0 Å². The minimum absolute atomic E-state index is 0.116. The standard InChI is InChI=1S/C10H9FN2O/c1-7-2-3-8(11)9(6-7)13-10(14)4-5-12/h2-3,6H,4H2,1H3,(H,13,14). The van der Waals surface area contributed by atoms with E-state index in [-0.39, 0.29) is 12.1 Å². The molecule has 0 spiro atoms. The monoisotopic (exact) mass is 192 g/mol. The molecule has 0 aromatic heterocycles. The maximum absolute atomic E-state index is 13.1. The smallest absolute Gasteiger partial charge is 0.238 e. The Morgan fingerprint density at radius 2 is 2.36 bits per heavy atom. The maximum atomic E-state index is 13.1. The number of rotatable bonds is 2. The number of carbonyl (C=O) groups excluding carboxylic acids is 1. The SMILES string of the molecule is Cc1ccc(F)c(NC(=O)CC#N)c1. The van der Waals surface area contributed by atoms with Crippen LogP contribution in [0.3, 0.4) is 0 Å². The number of hydrogen-bond acceptors (Lipinski definition) is 2. The number of aryl methyl sites for hydroxylation is 1. The number of amides is 1. The lowest BCUT2D eigenvalue weighted by Crippen LogP contribution is -2.11. The average molecular weight is 192 g/mol. The van der Waals surface area contributed by atoms with Crippen molar-refractivity contribution in [1.82, 2.24) is 0 Å². The Labute approximate surface area is 81.2 Å². The van der Waals surface area contributed by atoms with Gasteiger partial charge in [-0.1, -0.05) is 6.07 Å². The number of anilines is 1. The van der Waals surface area contributed by atoms with Crippen molar-refractivity contribution in [2.75, 3.05) is 5.32 Å². The van der Waals surface area contributed by atoms with E-state index in [0.29, 0.717) is 0 Å². The summed E-state index contributed by atoms with van der Waals surface area (Å²) in [6.45, 7) is 1.79. The van der Waals surface area contributed by atoms with Crippen LogP contribution in [-0.2, 0) is 4.79 Å². The molecular formula is C10H9FN2O. The highest BCUT2D eigenvalue weighted by atomic mass is 19.1. The highest BCUT2D eigenvalue weighted by Gasteiger charge is 2.05. The van der Waals surface area contributed by atoms with E-state index < -0.39 is 11.7 Å². The summed E-state index contributed by atoms with van der Waals surface area (Å²) in [5, 5.41) is 10.5. The molecule has 0 bridgehead atoms. The number of nitrogens with one attached hydrogen (secondary N) is 1. The molecule has 0 saturated carbocycles. The van der Waals surface area contributed by atoms with Gasteiger partial charge in [-0.25, -0.2) is 4.39 Å². The molecule has 3 nitrogen and oxygen atoms in total. The summed E-state index contributed by atoms with van der Waals surface area (Å²) in [4.78, 5) is 11.0. The minimum atomic E-state index is -0.503. The molecule has 0 aliphatic carbocycles. The van der Waals surface area contributed by atoms with Gasteiger partial charge < -0.3 is 5.32 Å². The molecule has 72 valence electrons. The molecule has 0 fully saturated rings. The van der Waals surface area contributed by atoms with E-state index in [9.17, 15) is 9.18 Å².